The summed E-state index contributed by atoms with van der Waals surface area (Å²) in [5.74, 6) is 0.0572. The highest BCUT2D eigenvalue weighted by Crippen LogP contribution is 2.71. The van der Waals surface area contributed by atoms with Crippen LogP contribution in [0.4, 0.5) is 4.79 Å². The van der Waals surface area contributed by atoms with E-state index in [9.17, 15) is 9.90 Å². The molecule has 1 N–H and O–H groups in total. The van der Waals surface area contributed by atoms with Crippen molar-refractivity contribution in [3.8, 4) is 0 Å². The summed E-state index contributed by atoms with van der Waals surface area (Å²) in [6, 6.07) is 0. The number of carbonyl (C=O) groups excluding carboxylic acids is 1. The molecule has 3 aliphatic rings. The number of carbonyl (C=O) groups is 1. The number of alkyl halides is 1. The molecule has 5 heteroatoms. The molecular weight excluding hydrogens is 256 g/mol. The van der Waals surface area contributed by atoms with E-state index in [0.29, 0.717) is 19.4 Å². The molecule has 0 saturated heterocycles. The first-order valence-corrected chi connectivity index (χ1v) is 7.15. The molecule has 3 fully saturated rings. The molecule has 3 rings (SSSR count). The van der Waals surface area contributed by atoms with Gasteiger partial charge in [-0.3, -0.25) is 0 Å². The van der Waals surface area contributed by atoms with Gasteiger partial charge in [-0.15, -0.1) is 11.6 Å². The minimum Gasteiger partial charge on any atom is -0.435 e. The number of fused-ring (bicyclic) bond motifs is 4. The van der Waals surface area contributed by atoms with Gasteiger partial charge in [0.2, 0.25) is 0 Å². The molecule has 0 heterocycles. The van der Waals surface area contributed by atoms with Crippen LogP contribution in [0.25, 0.3) is 0 Å². The Kier molecular flexibility index (Phi) is 2.79. The number of hydrogen-bond donors (Lipinski definition) is 1. The average molecular weight is 275 g/mol. The van der Waals surface area contributed by atoms with E-state index in [2.05, 4.69) is 0 Å². The molecule has 0 bridgehead atoms. The molecule has 0 aromatic heterocycles. The molecule has 5 unspecified atom stereocenters. The lowest BCUT2D eigenvalue weighted by molar-refractivity contribution is -0.185. The van der Waals surface area contributed by atoms with Crippen LogP contribution < -0.4 is 0 Å². The fraction of sp³-hybridized carbons (Fsp3) is 0.923. The molecule has 0 radical (unpaired) electrons. The summed E-state index contributed by atoms with van der Waals surface area (Å²) >= 11 is 6.66. The summed E-state index contributed by atoms with van der Waals surface area (Å²) in [5, 5.41) is 10.1. The largest absolute Gasteiger partial charge is 0.508 e. The molecule has 0 aromatic rings. The predicted octanol–water partition coefficient (Wildman–Crippen LogP) is 2.46. The second-order valence-electron chi connectivity index (χ2n) is 5.70. The molecule has 4 nitrogen and oxygen atoms in total. The van der Waals surface area contributed by atoms with Crippen molar-refractivity contribution in [2.24, 2.45) is 11.8 Å². The summed E-state index contributed by atoms with van der Waals surface area (Å²) in [4.78, 5) is 11.3. The number of hydrogen-bond acceptors (Lipinski definition) is 4. The molecule has 0 aliphatic heterocycles. The van der Waals surface area contributed by atoms with Crippen molar-refractivity contribution in [2.75, 3.05) is 6.61 Å². The van der Waals surface area contributed by atoms with Crippen LogP contribution in [0.2, 0.25) is 0 Å². The third-order valence-corrected chi connectivity index (χ3v) is 5.70. The van der Waals surface area contributed by atoms with E-state index >= 15 is 0 Å². The number of halogens is 1. The standard InChI is InChI=1S/C13H19ClO4/c1-2-17-11(16)18-13-7-5-8(15)10(13)12(14)6-3-4-9(12)13/h8-10,15H,2-7H2,1H3. The van der Waals surface area contributed by atoms with Gasteiger partial charge >= 0.3 is 6.16 Å². The highest BCUT2D eigenvalue weighted by Gasteiger charge is 2.77. The number of aliphatic hydroxyl groups excluding tert-OH is 1. The van der Waals surface area contributed by atoms with E-state index in [1.54, 1.807) is 6.92 Å². The van der Waals surface area contributed by atoms with E-state index in [1.165, 1.54) is 0 Å². The van der Waals surface area contributed by atoms with Crippen molar-refractivity contribution < 1.29 is 19.4 Å². The Morgan fingerprint density at radius 1 is 1.44 bits per heavy atom. The van der Waals surface area contributed by atoms with Crippen molar-refractivity contribution in [1.29, 1.82) is 0 Å². The van der Waals surface area contributed by atoms with E-state index < -0.39 is 17.9 Å². The van der Waals surface area contributed by atoms with E-state index in [1.807, 2.05) is 0 Å². The fourth-order valence-electron chi connectivity index (χ4n) is 4.54. The van der Waals surface area contributed by atoms with E-state index in [0.717, 1.165) is 19.3 Å². The Morgan fingerprint density at radius 2 is 2.22 bits per heavy atom. The number of rotatable bonds is 2. The SMILES string of the molecule is CCOC(=O)OC12CCC(O)C1C1(Cl)CCCC12. The Hall–Kier alpha value is -0.480. The third kappa shape index (κ3) is 1.39. The Morgan fingerprint density at radius 3 is 2.94 bits per heavy atom. The predicted molar refractivity (Wildman–Crippen MR) is 65.5 cm³/mol. The van der Waals surface area contributed by atoms with Crippen LogP contribution in [0.3, 0.4) is 0 Å². The van der Waals surface area contributed by atoms with Crippen LogP contribution in [0, 0.1) is 11.8 Å². The van der Waals surface area contributed by atoms with Gasteiger partial charge in [0.1, 0.15) is 5.60 Å². The molecule has 0 spiro atoms. The smallest absolute Gasteiger partial charge is 0.435 e. The maximum absolute atomic E-state index is 11.6. The number of ether oxygens (including phenoxy) is 2. The van der Waals surface area contributed by atoms with Gasteiger partial charge in [0.05, 0.1) is 17.6 Å². The van der Waals surface area contributed by atoms with Gasteiger partial charge in [-0.2, -0.15) is 0 Å². The zero-order valence-electron chi connectivity index (χ0n) is 10.5. The van der Waals surface area contributed by atoms with Gasteiger partial charge in [-0.05, 0) is 32.6 Å². The van der Waals surface area contributed by atoms with Crippen LogP contribution in [-0.4, -0.2) is 34.4 Å². The van der Waals surface area contributed by atoms with Crippen molar-refractivity contribution in [3.63, 3.8) is 0 Å². The van der Waals surface area contributed by atoms with Crippen LogP contribution in [0.5, 0.6) is 0 Å². The highest BCUT2D eigenvalue weighted by atomic mass is 35.5. The van der Waals surface area contributed by atoms with Gasteiger partial charge in [0.15, 0.2) is 0 Å². The van der Waals surface area contributed by atoms with E-state index in [-0.39, 0.29) is 16.7 Å². The first-order valence-electron chi connectivity index (χ1n) is 6.77. The first kappa shape index (κ1) is 12.5. The summed E-state index contributed by atoms with van der Waals surface area (Å²) in [6.45, 7) is 2.06. The summed E-state index contributed by atoms with van der Waals surface area (Å²) in [7, 11) is 0. The lowest BCUT2D eigenvalue weighted by atomic mass is 9.55. The van der Waals surface area contributed by atoms with Crippen LogP contribution in [-0.2, 0) is 9.47 Å². The fourth-order valence-corrected chi connectivity index (χ4v) is 5.30. The Labute approximate surface area is 112 Å². The van der Waals surface area contributed by atoms with Gasteiger partial charge in [0.25, 0.3) is 0 Å². The van der Waals surface area contributed by atoms with Crippen LogP contribution in [0.15, 0.2) is 0 Å². The monoisotopic (exact) mass is 274 g/mol. The Balaban J connectivity index is 1.84. The maximum Gasteiger partial charge on any atom is 0.508 e. The van der Waals surface area contributed by atoms with Crippen LogP contribution >= 0.6 is 11.6 Å². The van der Waals surface area contributed by atoms with Gasteiger partial charge in [-0.25, -0.2) is 4.79 Å². The molecule has 5 atom stereocenters. The summed E-state index contributed by atoms with van der Waals surface area (Å²) in [6.07, 6.45) is 3.23. The van der Waals surface area contributed by atoms with Crippen molar-refractivity contribution >= 4 is 17.8 Å². The van der Waals surface area contributed by atoms with Crippen molar-refractivity contribution in [1.82, 2.24) is 0 Å². The van der Waals surface area contributed by atoms with Crippen molar-refractivity contribution in [3.05, 3.63) is 0 Å². The van der Waals surface area contributed by atoms with E-state index in [4.69, 9.17) is 21.1 Å². The normalized spacial score (nSPS) is 49.2. The van der Waals surface area contributed by atoms with Gasteiger partial charge in [0, 0.05) is 11.8 Å². The Bertz CT molecular complexity index is 374. The minimum atomic E-state index is -0.623. The topological polar surface area (TPSA) is 55.8 Å². The minimum absolute atomic E-state index is 0.122. The quantitative estimate of drug-likeness (QED) is 0.621. The second kappa shape index (κ2) is 4.01. The second-order valence-corrected chi connectivity index (χ2v) is 6.40. The number of aliphatic hydroxyl groups is 1. The van der Waals surface area contributed by atoms with Crippen molar-refractivity contribution in [2.45, 2.75) is 55.6 Å². The average Bonchev–Trinajstić information content (AvgIpc) is 2.78. The molecule has 3 aliphatic carbocycles. The first-order chi connectivity index (χ1) is 8.54. The zero-order chi connectivity index (χ0) is 13.0. The van der Waals surface area contributed by atoms with Gasteiger partial charge < -0.3 is 14.6 Å². The third-order valence-electron chi connectivity index (χ3n) is 5.02. The van der Waals surface area contributed by atoms with Gasteiger partial charge in [-0.1, -0.05) is 6.42 Å². The zero-order valence-corrected chi connectivity index (χ0v) is 11.3. The van der Waals surface area contributed by atoms with Crippen LogP contribution in [0.1, 0.15) is 39.0 Å². The summed E-state index contributed by atoms with van der Waals surface area (Å²) < 4.78 is 10.5. The lowest BCUT2D eigenvalue weighted by Gasteiger charge is -2.60. The molecule has 102 valence electrons. The lowest BCUT2D eigenvalue weighted by Crippen LogP contribution is -2.70. The summed E-state index contributed by atoms with van der Waals surface area (Å²) in [5.41, 5.74) is -0.566. The maximum atomic E-state index is 11.6. The molecule has 0 aromatic carbocycles. The molecule has 18 heavy (non-hydrogen) atoms. The molecule has 3 saturated carbocycles. The molecular formula is C13H19ClO4. The highest BCUT2D eigenvalue weighted by molar-refractivity contribution is 6.25. The molecule has 0 amide bonds.